The molecule has 1 aromatic heterocycles. The number of nitrogens with two attached hydrogens (primary N) is 1. The minimum atomic E-state index is -0.235. The van der Waals surface area contributed by atoms with E-state index in [0.717, 1.165) is 12.8 Å². The van der Waals surface area contributed by atoms with E-state index in [0.29, 0.717) is 31.5 Å². The van der Waals surface area contributed by atoms with Crippen LogP contribution in [0.3, 0.4) is 0 Å². The molecule has 0 unspecified atom stereocenters. The summed E-state index contributed by atoms with van der Waals surface area (Å²) in [6.45, 7) is 3.58. The Labute approximate surface area is 112 Å². The highest BCUT2D eigenvalue weighted by atomic mass is 16.6. The number of hydrogen-bond donors (Lipinski definition) is 2. The maximum atomic E-state index is 11.5. The van der Waals surface area contributed by atoms with Crippen LogP contribution >= 0.6 is 0 Å². The molecule has 104 valence electrons. The topological polar surface area (TPSA) is 93.4 Å². The molecule has 0 aliphatic carbocycles. The summed E-state index contributed by atoms with van der Waals surface area (Å²) in [6.07, 6.45) is 3.08. The molecular formula is C12H19N5O2. The molecule has 1 aromatic rings. The molecule has 2 rings (SSSR count). The van der Waals surface area contributed by atoms with E-state index in [-0.39, 0.29) is 12.1 Å². The highest BCUT2D eigenvalue weighted by Crippen LogP contribution is 2.15. The zero-order valence-corrected chi connectivity index (χ0v) is 11.0. The summed E-state index contributed by atoms with van der Waals surface area (Å²) in [5.41, 5.74) is 5.60. The molecule has 3 N–H and O–H groups in total. The first kappa shape index (κ1) is 13.4. The van der Waals surface area contributed by atoms with E-state index < -0.39 is 0 Å². The molecule has 0 atom stereocenters. The molecule has 0 spiro atoms. The van der Waals surface area contributed by atoms with Gasteiger partial charge in [0.15, 0.2) is 0 Å². The number of amides is 1. The number of aromatic nitrogens is 2. The number of likely N-dealkylation sites (tertiary alicyclic amines) is 1. The minimum absolute atomic E-state index is 0.235. The molecule has 0 saturated carbocycles. The Morgan fingerprint density at radius 2 is 2.32 bits per heavy atom. The van der Waals surface area contributed by atoms with Crippen LogP contribution in [0.4, 0.5) is 16.6 Å². The SMILES string of the molecule is CCOC(=O)N1CCC(Nc2nccc(N)n2)CC1. The van der Waals surface area contributed by atoms with Gasteiger partial charge in [0.1, 0.15) is 5.82 Å². The molecule has 1 aliphatic rings. The van der Waals surface area contributed by atoms with Crippen molar-refractivity contribution in [3.05, 3.63) is 12.3 Å². The predicted octanol–water partition coefficient (Wildman–Crippen LogP) is 1.09. The van der Waals surface area contributed by atoms with Crippen LogP contribution in [0.2, 0.25) is 0 Å². The predicted molar refractivity (Wildman–Crippen MR) is 71.7 cm³/mol. The average Bonchev–Trinajstić information content (AvgIpc) is 2.40. The highest BCUT2D eigenvalue weighted by Gasteiger charge is 2.23. The lowest BCUT2D eigenvalue weighted by Gasteiger charge is -2.31. The van der Waals surface area contributed by atoms with Crippen LogP contribution in [-0.2, 0) is 4.74 Å². The Hall–Kier alpha value is -2.05. The number of rotatable bonds is 3. The zero-order chi connectivity index (χ0) is 13.7. The monoisotopic (exact) mass is 265 g/mol. The molecule has 0 bridgehead atoms. The number of anilines is 2. The summed E-state index contributed by atoms with van der Waals surface area (Å²) >= 11 is 0. The Kier molecular flexibility index (Phi) is 4.38. The third-order valence-corrected chi connectivity index (χ3v) is 3.03. The third-order valence-electron chi connectivity index (χ3n) is 3.03. The van der Waals surface area contributed by atoms with E-state index in [9.17, 15) is 4.79 Å². The first-order valence-electron chi connectivity index (χ1n) is 6.45. The van der Waals surface area contributed by atoms with Gasteiger partial charge in [-0.05, 0) is 25.8 Å². The zero-order valence-electron chi connectivity index (χ0n) is 11.0. The fourth-order valence-corrected chi connectivity index (χ4v) is 2.05. The summed E-state index contributed by atoms with van der Waals surface area (Å²) in [5.74, 6) is 0.982. The van der Waals surface area contributed by atoms with E-state index in [1.165, 1.54) is 0 Å². The summed E-state index contributed by atoms with van der Waals surface area (Å²) in [6, 6.07) is 1.90. The normalized spacial score (nSPS) is 16.2. The van der Waals surface area contributed by atoms with E-state index in [1.807, 2.05) is 6.92 Å². The van der Waals surface area contributed by atoms with Crippen molar-refractivity contribution in [1.82, 2.24) is 14.9 Å². The van der Waals surface area contributed by atoms with E-state index >= 15 is 0 Å². The molecule has 1 amide bonds. The minimum Gasteiger partial charge on any atom is -0.450 e. The van der Waals surface area contributed by atoms with Gasteiger partial charge in [-0.3, -0.25) is 0 Å². The number of carbonyl (C=O) groups is 1. The van der Waals surface area contributed by atoms with Crippen molar-refractivity contribution in [3.8, 4) is 0 Å². The summed E-state index contributed by atoms with van der Waals surface area (Å²) in [4.78, 5) is 21.5. The molecule has 7 heteroatoms. The molecule has 19 heavy (non-hydrogen) atoms. The Morgan fingerprint density at radius 1 is 1.58 bits per heavy atom. The lowest BCUT2D eigenvalue weighted by atomic mass is 10.1. The number of nitrogens with one attached hydrogen (secondary N) is 1. The molecule has 0 aromatic carbocycles. The lowest BCUT2D eigenvalue weighted by Crippen LogP contribution is -2.42. The van der Waals surface area contributed by atoms with Crippen LogP contribution in [0.5, 0.6) is 0 Å². The van der Waals surface area contributed by atoms with Gasteiger partial charge < -0.3 is 20.7 Å². The van der Waals surface area contributed by atoms with Crippen LogP contribution in [-0.4, -0.2) is 46.7 Å². The van der Waals surface area contributed by atoms with Crippen LogP contribution in [0.15, 0.2) is 12.3 Å². The Balaban J connectivity index is 1.82. The van der Waals surface area contributed by atoms with Crippen LogP contribution in [0, 0.1) is 0 Å². The van der Waals surface area contributed by atoms with Gasteiger partial charge in [-0.25, -0.2) is 9.78 Å². The first-order chi connectivity index (χ1) is 9.19. The second kappa shape index (κ2) is 6.21. The number of piperidine rings is 1. The van der Waals surface area contributed by atoms with Crippen molar-refractivity contribution in [1.29, 1.82) is 0 Å². The summed E-state index contributed by atoms with van der Waals surface area (Å²) in [5, 5.41) is 3.23. The second-order valence-electron chi connectivity index (χ2n) is 4.41. The number of hydrogen-bond acceptors (Lipinski definition) is 6. The van der Waals surface area contributed by atoms with Gasteiger partial charge >= 0.3 is 6.09 Å². The second-order valence-corrected chi connectivity index (χ2v) is 4.41. The van der Waals surface area contributed by atoms with Crippen LogP contribution in [0.25, 0.3) is 0 Å². The maximum Gasteiger partial charge on any atom is 0.409 e. The number of nitrogens with zero attached hydrogens (tertiary/aromatic N) is 3. The van der Waals surface area contributed by atoms with Crippen molar-refractivity contribution < 1.29 is 9.53 Å². The molecule has 1 fully saturated rings. The smallest absolute Gasteiger partial charge is 0.409 e. The van der Waals surface area contributed by atoms with Crippen LogP contribution in [0.1, 0.15) is 19.8 Å². The maximum absolute atomic E-state index is 11.5. The van der Waals surface area contributed by atoms with Gasteiger partial charge in [0, 0.05) is 25.3 Å². The van der Waals surface area contributed by atoms with E-state index in [2.05, 4.69) is 15.3 Å². The van der Waals surface area contributed by atoms with Gasteiger partial charge in [-0.2, -0.15) is 4.98 Å². The van der Waals surface area contributed by atoms with Gasteiger partial charge in [-0.1, -0.05) is 0 Å². The van der Waals surface area contributed by atoms with Crippen molar-refractivity contribution in [2.45, 2.75) is 25.8 Å². The summed E-state index contributed by atoms with van der Waals surface area (Å²) < 4.78 is 4.98. The van der Waals surface area contributed by atoms with Crippen molar-refractivity contribution in [2.24, 2.45) is 0 Å². The molecule has 7 nitrogen and oxygen atoms in total. The lowest BCUT2D eigenvalue weighted by molar-refractivity contribution is 0.0983. The standard InChI is InChI=1S/C12H19N5O2/c1-2-19-12(18)17-7-4-9(5-8-17)15-11-14-6-3-10(13)16-11/h3,6,9H,2,4-5,7-8H2,1H3,(H3,13,14,15,16). The van der Waals surface area contributed by atoms with Gasteiger partial charge in [-0.15, -0.1) is 0 Å². The Morgan fingerprint density at radius 3 is 2.95 bits per heavy atom. The molecule has 1 aliphatic heterocycles. The average molecular weight is 265 g/mol. The first-order valence-corrected chi connectivity index (χ1v) is 6.45. The number of ether oxygens (including phenoxy) is 1. The largest absolute Gasteiger partial charge is 0.450 e. The van der Waals surface area contributed by atoms with Crippen LogP contribution < -0.4 is 11.1 Å². The van der Waals surface area contributed by atoms with Crippen molar-refractivity contribution in [2.75, 3.05) is 30.7 Å². The van der Waals surface area contributed by atoms with Crippen molar-refractivity contribution in [3.63, 3.8) is 0 Å². The van der Waals surface area contributed by atoms with Gasteiger partial charge in [0.2, 0.25) is 5.95 Å². The molecule has 0 radical (unpaired) electrons. The van der Waals surface area contributed by atoms with Gasteiger partial charge in [0.05, 0.1) is 6.61 Å². The highest BCUT2D eigenvalue weighted by molar-refractivity contribution is 5.67. The number of nitrogen functional groups attached to an aromatic ring is 1. The van der Waals surface area contributed by atoms with Crippen molar-refractivity contribution >= 4 is 17.9 Å². The van der Waals surface area contributed by atoms with E-state index in [4.69, 9.17) is 10.5 Å². The number of carbonyl (C=O) groups excluding carboxylic acids is 1. The fourth-order valence-electron chi connectivity index (χ4n) is 2.05. The summed E-state index contributed by atoms with van der Waals surface area (Å²) in [7, 11) is 0. The van der Waals surface area contributed by atoms with E-state index in [1.54, 1.807) is 17.2 Å². The molecule has 1 saturated heterocycles. The quantitative estimate of drug-likeness (QED) is 0.849. The molecule has 2 heterocycles. The van der Waals surface area contributed by atoms with Gasteiger partial charge in [0.25, 0.3) is 0 Å². The molecular weight excluding hydrogens is 246 g/mol. The third kappa shape index (κ3) is 3.70. The Bertz CT molecular complexity index is 432. The fraction of sp³-hybridized carbons (Fsp3) is 0.583.